The number of hydrogen-bond acceptors (Lipinski definition) is 6. The van der Waals surface area contributed by atoms with Gasteiger partial charge in [0.25, 0.3) is 0 Å². The number of sulfonamides is 1. The van der Waals surface area contributed by atoms with Crippen LogP contribution in [-0.4, -0.2) is 59.0 Å². The van der Waals surface area contributed by atoms with Crippen LogP contribution < -0.4 is 10.1 Å². The Hall–Kier alpha value is -2.50. The zero-order chi connectivity index (χ0) is 26.6. The van der Waals surface area contributed by atoms with Crippen molar-refractivity contribution in [2.24, 2.45) is 5.41 Å². The maximum Gasteiger partial charge on any atom is 0.243 e. The number of benzene rings is 2. The average molecular weight is 541 g/mol. The second-order valence-corrected chi connectivity index (χ2v) is 13.6. The SMILES string of the molecule is CC(C)(CCCOc1ccc(S(C)(=O)=O)cc1)C(=O)NC1CCN(S(=O)(=O)c2ccc(F)cc2)CC1. The van der Waals surface area contributed by atoms with Crippen LogP contribution in [0.3, 0.4) is 0 Å². The Morgan fingerprint density at radius 3 is 2.11 bits per heavy atom. The van der Waals surface area contributed by atoms with Crippen molar-refractivity contribution in [1.29, 1.82) is 0 Å². The number of rotatable bonds is 10. The molecule has 1 amide bonds. The van der Waals surface area contributed by atoms with Crippen LogP contribution in [0.15, 0.2) is 58.3 Å². The van der Waals surface area contributed by atoms with Gasteiger partial charge >= 0.3 is 0 Å². The maximum absolute atomic E-state index is 13.1. The fourth-order valence-electron chi connectivity index (χ4n) is 3.98. The van der Waals surface area contributed by atoms with E-state index in [0.29, 0.717) is 38.0 Å². The fraction of sp³-hybridized carbons (Fsp3) is 0.480. The molecule has 198 valence electrons. The summed E-state index contributed by atoms with van der Waals surface area (Å²) in [6.45, 7) is 4.65. The molecule has 8 nitrogen and oxygen atoms in total. The molecule has 0 unspecified atom stereocenters. The van der Waals surface area contributed by atoms with Gasteiger partial charge in [-0.05, 0) is 74.2 Å². The largest absolute Gasteiger partial charge is 0.494 e. The Morgan fingerprint density at radius 1 is 1.00 bits per heavy atom. The molecule has 11 heteroatoms. The lowest BCUT2D eigenvalue weighted by atomic mass is 9.86. The lowest BCUT2D eigenvalue weighted by molar-refractivity contribution is -0.130. The van der Waals surface area contributed by atoms with E-state index in [9.17, 15) is 26.0 Å². The van der Waals surface area contributed by atoms with Gasteiger partial charge in [-0.15, -0.1) is 0 Å². The zero-order valence-corrected chi connectivity index (χ0v) is 22.4. The normalized spacial score (nSPS) is 16.0. The summed E-state index contributed by atoms with van der Waals surface area (Å²) in [7, 11) is -6.95. The summed E-state index contributed by atoms with van der Waals surface area (Å²) in [5, 5.41) is 3.05. The van der Waals surface area contributed by atoms with Gasteiger partial charge in [-0.2, -0.15) is 4.31 Å². The van der Waals surface area contributed by atoms with E-state index in [1.54, 1.807) is 12.1 Å². The highest BCUT2D eigenvalue weighted by Crippen LogP contribution is 2.26. The molecule has 0 atom stereocenters. The molecular weight excluding hydrogens is 507 g/mol. The van der Waals surface area contributed by atoms with Gasteiger partial charge in [0.1, 0.15) is 11.6 Å². The molecule has 0 spiro atoms. The van der Waals surface area contributed by atoms with Gasteiger partial charge in [0.2, 0.25) is 15.9 Å². The smallest absolute Gasteiger partial charge is 0.243 e. The first kappa shape index (κ1) is 28.1. The van der Waals surface area contributed by atoms with E-state index in [-0.39, 0.29) is 34.8 Å². The van der Waals surface area contributed by atoms with Crippen LogP contribution >= 0.6 is 0 Å². The molecule has 1 fully saturated rings. The highest BCUT2D eigenvalue weighted by molar-refractivity contribution is 7.90. The van der Waals surface area contributed by atoms with Gasteiger partial charge in [0, 0.05) is 30.8 Å². The fourth-order valence-corrected chi connectivity index (χ4v) is 6.08. The minimum absolute atomic E-state index is 0.0566. The second-order valence-electron chi connectivity index (χ2n) is 9.69. The van der Waals surface area contributed by atoms with Crippen molar-refractivity contribution in [3.05, 3.63) is 54.3 Å². The average Bonchev–Trinajstić information content (AvgIpc) is 2.82. The van der Waals surface area contributed by atoms with E-state index in [4.69, 9.17) is 4.74 Å². The number of carbonyl (C=O) groups excluding carboxylic acids is 1. The predicted molar refractivity (Wildman–Crippen MR) is 134 cm³/mol. The summed E-state index contributed by atoms with van der Waals surface area (Å²) in [5.41, 5.74) is -0.638. The van der Waals surface area contributed by atoms with Gasteiger partial charge in [0.05, 0.1) is 16.4 Å². The second kappa shape index (κ2) is 11.3. The summed E-state index contributed by atoms with van der Waals surface area (Å²) < 4.78 is 68.8. The number of amides is 1. The number of ether oxygens (including phenoxy) is 1. The molecule has 2 aromatic carbocycles. The first-order valence-electron chi connectivity index (χ1n) is 11.8. The molecular formula is C25H33FN2O6S2. The van der Waals surface area contributed by atoms with E-state index < -0.39 is 31.1 Å². The summed E-state index contributed by atoms with van der Waals surface area (Å²) in [4.78, 5) is 13.2. The van der Waals surface area contributed by atoms with Crippen LogP contribution in [-0.2, 0) is 24.7 Å². The van der Waals surface area contributed by atoms with Crippen molar-refractivity contribution < 1.29 is 30.8 Å². The van der Waals surface area contributed by atoms with Crippen molar-refractivity contribution >= 4 is 25.8 Å². The van der Waals surface area contributed by atoms with Crippen molar-refractivity contribution in [2.45, 2.75) is 55.4 Å². The van der Waals surface area contributed by atoms with Crippen LogP contribution in [0.2, 0.25) is 0 Å². The molecule has 0 bridgehead atoms. The van der Waals surface area contributed by atoms with Gasteiger partial charge < -0.3 is 10.1 Å². The third-order valence-electron chi connectivity index (χ3n) is 6.32. The first-order valence-corrected chi connectivity index (χ1v) is 15.1. The summed E-state index contributed by atoms with van der Waals surface area (Å²) >= 11 is 0. The quantitative estimate of drug-likeness (QED) is 0.463. The van der Waals surface area contributed by atoms with E-state index in [0.717, 1.165) is 18.4 Å². The van der Waals surface area contributed by atoms with Crippen molar-refractivity contribution in [1.82, 2.24) is 9.62 Å². The van der Waals surface area contributed by atoms with Crippen LogP contribution in [0.4, 0.5) is 4.39 Å². The number of hydrogen-bond donors (Lipinski definition) is 1. The van der Waals surface area contributed by atoms with Crippen molar-refractivity contribution in [2.75, 3.05) is 26.0 Å². The van der Waals surface area contributed by atoms with Gasteiger partial charge in [-0.25, -0.2) is 21.2 Å². The Kier molecular flexibility index (Phi) is 8.79. The van der Waals surface area contributed by atoms with Gasteiger partial charge in [-0.1, -0.05) is 13.8 Å². The monoisotopic (exact) mass is 540 g/mol. The topological polar surface area (TPSA) is 110 Å². The first-order chi connectivity index (χ1) is 16.8. The van der Waals surface area contributed by atoms with Crippen molar-refractivity contribution in [3.63, 3.8) is 0 Å². The molecule has 2 aromatic rings. The Bertz CT molecular complexity index is 1250. The van der Waals surface area contributed by atoms with E-state index in [2.05, 4.69) is 5.32 Å². The molecule has 0 radical (unpaired) electrons. The van der Waals surface area contributed by atoms with Gasteiger partial charge in [0.15, 0.2) is 9.84 Å². The lowest BCUT2D eigenvalue weighted by Gasteiger charge is -2.33. The van der Waals surface area contributed by atoms with E-state index in [1.165, 1.54) is 28.6 Å². The zero-order valence-electron chi connectivity index (χ0n) is 20.7. The minimum atomic E-state index is -3.70. The lowest BCUT2D eigenvalue weighted by Crippen LogP contribution is -2.49. The molecule has 1 aliphatic rings. The molecule has 1 N–H and O–H groups in total. The highest BCUT2D eigenvalue weighted by Gasteiger charge is 2.33. The number of carbonyl (C=O) groups is 1. The minimum Gasteiger partial charge on any atom is -0.494 e. The standard InChI is InChI=1S/C25H33FN2O6S2/c1-25(2,15-4-18-34-21-7-11-22(12-8-21)35(3,30)31)24(29)27-20-13-16-28(17-14-20)36(32,33)23-9-5-19(26)6-10-23/h5-12,20H,4,13-18H2,1-3H3,(H,27,29). The number of halogens is 1. The molecule has 0 aliphatic carbocycles. The number of piperidine rings is 1. The van der Waals surface area contributed by atoms with Crippen LogP contribution in [0.25, 0.3) is 0 Å². The van der Waals surface area contributed by atoms with Crippen molar-refractivity contribution in [3.8, 4) is 5.75 Å². The predicted octanol–water partition coefficient (Wildman–Crippen LogP) is 3.38. The third-order valence-corrected chi connectivity index (χ3v) is 9.36. The van der Waals surface area contributed by atoms with E-state index in [1.807, 2.05) is 13.8 Å². The van der Waals surface area contributed by atoms with Crippen LogP contribution in [0, 0.1) is 11.2 Å². The Labute approximate surface area is 212 Å². The van der Waals surface area contributed by atoms with E-state index >= 15 is 0 Å². The maximum atomic E-state index is 13.1. The number of nitrogens with zero attached hydrogens (tertiary/aromatic N) is 1. The Balaban J connectivity index is 1.43. The molecule has 1 heterocycles. The van der Waals surface area contributed by atoms with Gasteiger partial charge in [-0.3, -0.25) is 4.79 Å². The van der Waals surface area contributed by atoms with Crippen LogP contribution in [0.5, 0.6) is 5.75 Å². The van der Waals surface area contributed by atoms with Crippen LogP contribution in [0.1, 0.15) is 39.5 Å². The number of nitrogens with one attached hydrogen (secondary N) is 1. The molecule has 1 aliphatic heterocycles. The summed E-state index contributed by atoms with van der Waals surface area (Å²) in [6.07, 6.45) is 3.35. The molecule has 1 saturated heterocycles. The Morgan fingerprint density at radius 2 is 1.56 bits per heavy atom. The molecule has 0 aromatic heterocycles. The molecule has 36 heavy (non-hydrogen) atoms. The summed E-state index contributed by atoms with van der Waals surface area (Å²) in [6, 6.07) is 10.9. The third kappa shape index (κ3) is 7.27. The molecule has 0 saturated carbocycles. The number of sulfone groups is 1. The molecule has 3 rings (SSSR count). The summed E-state index contributed by atoms with van der Waals surface area (Å²) in [5.74, 6) is -0.0281. The highest BCUT2D eigenvalue weighted by atomic mass is 32.2.